The average Bonchev–Trinajstić information content (AvgIpc) is 2.69. The van der Waals surface area contributed by atoms with Gasteiger partial charge in [-0.3, -0.25) is 9.59 Å². The number of aliphatic carboxylic acids is 2. The predicted molar refractivity (Wildman–Crippen MR) is 53.1 cm³/mol. The van der Waals surface area contributed by atoms with Gasteiger partial charge in [0.15, 0.2) is 0 Å². The summed E-state index contributed by atoms with van der Waals surface area (Å²) in [6.45, 7) is 0. The largest absolute Gasteiger partial charge is 0.481 e. The molecule has 1 heterocycles. The Labute approximate surface area is 94.2 Å². The molecule has 1 atom stereocenters. The number of carbonyl (C=O) groups is 2. The predicted octanol–water partition coefficient (Wildman–Crippen LogP) is -0.809. The number of carboxylic acid groups (broad SMARTS) is 2. The molecule has 17 heavy (non-hydrogen) atoms. The second-order valence-electron chi connectivity index (χ2n) is 2.71. The Morgan fingerprint density at radius 2 is 2.18 bits per heavy atom. The molecule has 0 fully saturated rings. The van der Waals surface area contributed by atoms with Crippen LogP contribution < -0.4 is 5.73 Å². The first-order valence-corrected chi connectivity index (χ1v) is 4.18. The zero-order chi connectivity index (χ0) is 13.4. The molecule has 0 aliphatic heterocycles. The molecular formula is C7H10N4O6. The smallest absolute Gasteiger partial charge is 0.432 e. The van der Waals surface area contributed by atoms with E-state index in [0.717, 1.165) is 0 Å². The van der Waals surface area contributed by atoms with Gasteiger partial charge in [0.2, 0.25) is 0 Å². The summed E-state index contributed by atoms with van der Waals surface area (Å²) in [7, 11) is 0. The van der Waals surface area contributed by atoms with Gasteiger partial charge in [-0.05, 0) is 4.92 Å². The van der Waals surface area contributed by atoms with E-state index in [2.05, 4.69) is 9.97 Å². The fraction of sp³-hybridized carbons (Fsp3) is 0.286. The lowest BCUT2D eigenvalue weighted by Crippen LogP contribution is -2.32. The number of nitrogens with one attached hydrogen (secondary N) is 1. The van der Waals surface area contributed by atoms with Crippen molar-refractivity contribution in [2.75, 3.05) is 0 Å². The Bertz CT molecular complexity index is 389. The highest BCUT2D eigenvalue weighted by atomic mass is 16.6. The molecule has 0 radical (unpaired) electrons. The molecule has 10 heteroatoms. The van der Waals surface area contributed by atoms with Gasteiger partial charge in [-0.1, -0.05) is 4.98 Å². The molecule has 1 unspecified atom stereocenters. The molecule has 0 spiro atoms. The topological polar surface area (TPSA) is 172 Å². The van der Waals surface area contributed by atoms with Crippen molar-refractivity contribution in [3.8, 4) is 0 Å². The van der Waals surface area contributed by atoms with Crippen molar-refractivity contribution in [3.05, 3.63) is 22.5 Å². The number of nitro groups is 1. The Balaban J connectivity index is 0.000000302. The van der Waals surface area contributed by atoms with Crippen LogP contribution in [0.3, 0.4) is 0 Å². The first-order valence-electron chi connectivity index (χ1n) is 4.18. The second-order valence-corrected chi connectivity index (χ2v) is 2.71. The molecule has 0 amide bonds. The van der Waals surface area contributed by atoms with Gasteiger partial charge in [-0.25, -0.2) is 4.98 Å². The van der Waals surface area contributed by atoms with Crippen LogP contribution in [0.15, 0.2) is 12.4 Å². The van der Waals surface area contributed by atoms with Gasteiger partial charge in [0.1, 0.15) is 12.2 Å². The zero-order valence-electron chi connectivity index (χ0n) is 8.44. The van der Waals surface area contributed by atoms with Gasteiger partial charge in [0.25, 0.3) is 0 Å². The van der Waals surface area contributed by atoms with E-state index in [1.165, 1.54) is 12.4 Å². The molecular weight excluding hydrogens is 236 g/mol. The fourth-order valence-corrected chi connectivity index (χ4v) is 0.632. The van der Waals surface area contributed by atoms with E-state index in [1.807, 2.05) is 0 Å². The van der Waals surface area contributed by atoms with E-state index < -0.39 is 29.3 Å². The maximum Gasteiger partial charge on any atom is 0.432 e. The molecule has 1 aromatic rings. The van der Waals surface area contributed by atoms with Gasteiger partial charge >= 0.3 is 17.9 Å². The van der Waals surface area contributed by atoms with E-state index >= 15 is 0 Å². The number of carboxylic acids is 2. The van der Waals surface area contributed by atoms with Gasteiger partial charge in [-0.15, -0.1) is 0 Å². The fourth-order valence-electron chi connectivity index (χ4n) is 0.632. The summed E-state index contributed by atoms with van der Waals surface area (Å²) in [4.78, 5) is 34.5. The summed E-state index contributed by atoms with van der Waals surface area (Å²) in [5.74, 6) is -2.72. The SMILES string of the molecule is NC(CC(=O)O)C(=O)O.O=[N+]([O-])c1ncc[nH]1. The lowest BCUT2D eigenvalue weighted by Gasteiger charge is -1.99. The Morgan fingerprint density at radius 1 is 1.59 bits per heavy atom. The summed E-state index contributed by atoms with van der Waals surface area (Å²) in [5, 5.41) is 25.8. The number of aromatic nitrogens is 2. The normalized spacial score (nSPS) is 10.9. The third kappa shape index (κ3) is 6.57. The molecule has 0 aliphatic rings. The molecule has 0 aromatic carbocycles. The van der Waals surface area contributed by atoms with Crippen LogP contribution >= 0.6 is 0 Å². The van der Waals surface area contributed by atoms with E-state index in [1.54, 1.807) is 0 Å². The number of hydrogen-bond acceptors (Lipinski definition) is 6. The molecule has 0 saturated carbocycles. The molecule has 0 saturated heterocycles. The van der Waals surface area contributed by atoms with E-state index in [-0.39, 0.29) is 5.95 Å². The van der Waals surface area contributed by atoms with Crippen molar-refractivity contribution < 1.29 is 24.7 Å². The zero-order valence-corrected chi connectivity index (χ0v) is 8.44. The van der Waals surface area contributed by atoms with Crippen LogP contribution in [0.25, 0.3) is 0 Å². The average molecular weight is 246 g/mol. The molecule has 0 bridgehead atoms. The van der Waals surface area contributed by atoms with Crippen molar-refractivity contribution in [1.29, 1.82) is 0 Å². The summed E-state index contributed by atoms with van der Waals surface area (Å²) in [5.41, 5.74) is 4.84. The summed E-state index contributed by atoms with van der Waals surface area (Å²) < 4.78 is 0. The highest BCUT2D eigenvalue weighted by Crippen LogP contribution is 1.96. The Kier molecular flexibility index (Phi) is 5.89. The number of H-pyrrole nitrogens is 1. The minimum atomic E-state index is -1.29. The van der Waals surface area contributed by atoms with Crippen molar-refractivity contribution in [2.45, 2.75) is 12.5 Å². The van der Waals surface area contributed by atoms with Gasteiger partial charge < -0.3 is 26.1 Å². The van der Waals surface area contributed by atoms with E-state index in [9.17, 15) is 19.7 Å². The molecule has 10 nitrogen and oxygen atoms in total. The minimum Gasteiger partial charge on any atom is -0.481 e. The highest BCUT2D eigenvalue weighted by Gasteiger charge is 2.14. The number of hydrogen-bond donors (Lipinski definition) is 4. The third-order valence-electron chi connectivity index (χ3n) is 1.37. The lowest BCUT2D eigenvalue weighted by molar-refractivity contribution is -0.393. The van der Waals surface area contributed by atoms with Crippen LogP contribution in [0.4, 0.5) is 5.95 Å². The third-order valence-corrected chi connectivity index (χ3v) is 1.37. The van der Waals surface area contributed by atoms with Crippen LogP contribution in [-0.2, 0) is 9.59 Å². The summed E-state index contributed by atoms with van der Waals surface area (Å²) in [6, 6.07) is -1.29. The van der Waals surface area contributed by atoms with Crippen LogP contribution in [-0.4, -0.2) is 43.1 Å². The van der Waals surface area contributed by atoms with Crippen LogP contribution in [0.5, 0.6) is 0 Å². The molecule has 1 aromatic heterocycles. The van der Waals surface area contributed by atoms with Crippen molar-refractivity contribution >= 4 is 17.9 Å². The number of nitrogens with two attached hydrogens (primary N) is 1. The monoisotopic (exact) mass is 246 g/mol. The molecule has 1 rings (SSSR count). The van der Waals surface area contributed by atoms with E-state index in [4.69, 9.17) is 15.9 Å². The Morgan fingerprint density at radius 3 is 2.35 bits per heavy atom. The highest BCUT2D eigenvalue weighted by molar-refractivity contribution is 5.80. The summed E-state index contributed by atoms with van der Waals surface area (Å²) >= 11 is 0. The second kappa shape index (κ2) is 6.90. The lowest BCUT2D eigenvalue weighted by atomic mass is 10.2. The summed E-state index contributed by atoms with van der Waals surface area (Å²) in [6.07, 6.45) is 2.20. The maximum absolute atomic E-state index is 9.85. The standard InChI is InChI=1S/C4H7NO4.C3H3N3O2/c5-2(4(8)9)1-3(6)7;7-6(8)3-4-1-2-5-3/h2H,1,5H2,(H,6,7)(H,8,9);1-2H,(H,4,5). The van der Waals surface area contributed by atoms with E-state index in [0.29, 0.717) is 0 Å². The quantitative estimate of drug-likeness (QED) is 0.394. The number of imidazole rings is 1. The van der Waals surface area contributed by atoms with Gasteiger partial charge in [0.05, 0.1) is 12.6 Å². The minimum absolute atomic E-state index is 0.218. The van der Waals surface area contributed by atoms with Gasteiger partial charge in [0, 0.05) is 0 Å². The van der Waals surface area contributed by atoms with Crippen LogP contribution in [0, 0.1) is 10.1 Å². The van der Waals surface area contributed by atoms with Crippen molar-refractivity contribution in [3.63, 3.8) is 0 Å². The molecule has 0 aliphatic carbocycles. The van der Waals surface area contributed by atoms with Crippen molar-refractivity contribution in [1.82, 2.24) is 9.97 Å². The number of nitrogens with zero attached hydrogens (tertiary/aromatic N) is 2. The van der Waals surface area contributed by atoms with Crippen LogP contribution in [0.2, 0.25) is 0 Å². The number of aromatic amines is 1. The first-order chi connectivity index (χ1) is 7.84. The molecule has 94 valence electrons. The van der Waals surface area contributed by atoms with Gasteiger partial charge in [-0.2, -0.15) is 0 Å². The number of rotatable bonds is 4. The first kappa shape index (κ1) is 14.5. The van der Waals surface area contributed by atoms with Crippen molar-refractivity contribution in [2.24, 2.45) is 5.73 Å². The molecule has 5 N–H and O–H groups in total. The Hall–Kier alpha value is -2.49. The van der Waals surface area contributed by atoms with Crippen LogP contribution in [0.1, 0.15) is 6.42 Å². The maximum atomic E-state index is 9.85.